The first-order valence-corrected chi connectivity index (χ1v) is 8.71. The Kier molecular flexibility index (Phi) is 6.02. The lowest BCUT2D eigenvalue weighted by molar-refractivity contribution is -0.117. The number of hydrogen-bond acceptors (Lipinski definition) is 3. The van der Waals surface area contributed by atoms with Crippen molar-refractivity contribution in [3.05, 3.63) is 77.1 Å². The summed E-state index contributed by atoms with van der Waals surface area (Å²) in [6.07, 6.45) is 2.68. The second-order valence-electron chi connectivity index (χ2n) is 6.34. The quantitative estimate of drug-likeness (QED) is 0.866. The van der Waals surface area contributed by atoms with Gasteiger partial charge in [0.2, 0.25) is 5.91 Å². The van der Waals surface area contributed by atoms with Gasteiger partial charge in [-0.2, -0.15) is 0 Å². The first-order valence-electron chi connectivity index (χ1n) is 8.71. The molecule has 2 aromatic carbocycles. The average molecular weight is 354 g/mol. The normalized spacial score (nSPS) is 14.6. The van der Waals surface area contributed by atoms with Gasteiger partial charge in [-0.15, -0.1) is 0 Å². The maximum absolute atomic E-state index is 13.0. The second-order valence-corrected chi connectivity index (χ2v) is 6.34. The third-order valence-electron chi connectivity index (χ3n) is 4.54. The third-order valence-corrected chi connectivity index (χ3v) is 4.54. The van der Waals surface area contributed by atoms with Crippen LogP contribution in [-0.4, -0.2) is 31.0 Å². The van der Waals surface area contributed by atoms with Crippen LogP contribution in [0.3, 0.4) is 0 Å². The molecule has 0 spiro atoms. The molecule has 1 amide bonds. The van der Waals surface area contributed by atoms with E-state index in [0.29, 0.717) is 13.0 Å². The number of carbonyl (C=O) groups excluding carboxylic acids is 1. The summed E-state index contributed by atoms with van der Waals surface area (Å²) in [5.74, 6) is 0.523. The molecular weight excluding hydrogens is 331 g/mol. The lowest BCUT2D eigenvalue weighted by Crippen LogP contribution is -2.33. The molecule has 136 valence electrons. The van der Waals surface area contributed by atoms with Crippen molar-refractivity contribution >= 4 is 5.91 Å². The number of methoxy groups -OCH3 is 1. The molecule has 0 radical (unpaired) electrons. The lowest BCUT2D eigenvalue weighted by Gasteiger charge is -2.26. The van der Waals surface area contributed by atoms with Gasteiger partial charge in [-0.05, 0) is 30.2 Å². The van der Waals surface area contributed by atoms with Crippen molar-refractivity contribution in [2.45, 2.75) is 19.5 Å². The number of carbonyl (C=O) groups is 1. The lowest BCUT2D eigenvalue weighted by atomic mass is 10.1. The van der Waals surface area contributed by atoms with Crippen LogP contribution >= 0.6 is 0 Å². The molecule has 0 aliphatic carbocycles. The van der Waals surface area contributed by atoms with Crippen LogP contribution in [0.1, 0.15) is 17.5 Å². The topological polar surface area (TPSA) is 41.6 Å². The smallest absolute Gasteiger partial charge is 0.247 e. The zero-order valence-corrected chi connectivity index (χ0v) is 14.9. The van der Waals surface area contributed by atoms with Gasteiger partial charge < -0.3 is 10.1 Å². The van der Waals surface area contributed by atoms with Gasteiger partial charge in [0.1, 0.15) is 11.6 Å². The highest BCUT2D eigenvalue weighted by Gasteiger charge is 2.17. The summed E-state index contributed by atoms with van der Waals surface area (Å²) in [4.78, 5) is 14.6. The first kappa shape index (κ1) is 18.1. The Balaban J connectivity index is 1.51. The Morgan fingerprint density at radius 1 is 1.19 bits per heavy atom. The minimum Gasteiger partial charge on any atom is -0.496 e. The number of rotatable bonds is 6. The van der Waals surface area contributed by atoms with Gasteiger partial charge in [0.15, 0.2) is 0 Å². The Bertz CT molecular complexity index is 787. The van der Waals surface area contributed by atoms with E-state index in [0.717, 1.165) is 42.1 Å². The predicted octanol–water partition coefficient (Wildman–Crippen LogP) is 3.28. The Morgan fingerprint density at radius 3 is 2.65 bits per heavy atom. The summed E-state index contributed by atoms with van der Waals surface area (Å²) in [6, 6.07) is 14.2. The molecule has 1 aliphatic rings. The zero-order chi connectivity index (χ0) is 18.4. The maximum atomic E-state index is 13.0. The Labute approximate surface area is 153 Å². The van der Waals surface area contributed by atoms with Gasteiger partial charge in [-0.3, -0.25) is 9.69 Å². The zero-order valence-electron chi connectivity index (χ0n) is 14.9. The predicted molar refractivity (Wildman–Crippen MR) is 99.2 cm³/mol. The molecule has 1 heterocycles. The molecule has 0 aromatic heterocycles. The van der Waals surface area contributed by atoms with E-state index < -0.39 is 0 Å². The van der Waals surface area contributed by atoms with Crippen molar-refractivity contribution < 1.29 is 13.9 Å². The summed E-state index contributed by atoms with van der Waals surface area (Å²) in [6.45, 7) is 2.73. The van der Waals surface area contributed by atoms with E-state index in [-0.39, 0.29) is 11.7 Å². The molecule has 0 unspecified atom stereocenters. The van der Waals surface area contributed by atoms with E-state index in [1.165, 1.54) is 12.1 Å². The van der Waals surface area contributed by atoms with Crippen molar-refractivity contribution in [1.82, 2.24) is 10.2 Å². The van der Waals surface area contributed by atoms with Crippen LogP contribution in [-0.2, 0) is 17.9 Å². The number of nitrogens with one attached hydrogen (secondary N) is 1. The van der Waals surface area contributed by atoms with Crippen LogP contribution in [0.25, 0.3) is 0 Å². The summed E-state index contributed by atoms with van der Waals surface area (Å²) >= 11 is 0. The van der Waals surface area contributed by atoms with Crippen molar-refractivity contribution in [1.29, 1.82) is 0 Å². The summed E-state index contributed by atoms with van der Waals surface area (Å²) < 4.78 is 18.3. The molecule has 5 heteroatoms. The second kappa shape index (κ2) is 8.63. The van der Waals surface area contributed by atoms with Crippen LogP contribution in [0.5, 0.6) is 5.75 Å². The SMILES string of the molecule is COc1ccccc1CNC(=O)C1=CCN(Cc2ccc(F)cc2)CC1. The molecule has 1 aliphatic heterocycles. The molecule has 0 saturated carbocycles. The molecule has 0 saturated heterocycles. The minimum absolute atomic E-state index is 0.0302. The van der Waals surface area contributed by atoms with Crippen LogP contribution < -0.4 is 10.1 Å². The molecule has 0 bridgehead atoms. The fraction of sp³-hybridized carbons (Fsp3) is 0.286. The van der Waals surface area contributed by atoms with Gasteiger partial charge in [-0.25, -0.2) is 4.39 Å². The maximum Gasteiger partial charge on any atom is 0.247 e. The van der Waals surface area contributed by atoms with Gasteiger partial charge in [-0.1, -0.05) is 36.4 Å². The third kappa shape index (κ3) is 4.70. The van der Waals surface area contributed by atoms with Crippen LogP contribution in [0.4, 0.5) is 4.39 Å². The van der Waals surface area contributed by atoms with E-state index in [1.807, 2.05) is 30.3 Å². The first-order chi connectivity index (χ1) is 12.7. The van der Waals surface area contributed by atoms with Gasteiger partial charge in [0.05, 0.1) is 7.11 Å². The van der Waals surface area contributed by atoms with Gasteiger partial charge in [0.25, 0.3) is 0 Å². The molecular formula is C21H23FN2O2. The Hall–Kier alpha value is -2.66. The number of ether oxygens (including phenoxy) is 1. The number of nitrogens with zero attached hydrogens (tertiary/aromatic N) is 1. The van der Waals surface area contributed by atoms with Crippen molar-refractivity contribution in [3.63, 3.8) is 0 Å². The summed E-state index contributed by atoms with van der Waals surface area (Å²) in [5.41, 5.74) is 2.84. The van der Waals surface area contributed by atoms with Crippen molar-refractivity contribution in [2.24, 2.45) is 0 Å². The molecule has 2 aromatic rings. The van der Waals surface area contributed by atoms with E-state index in [9.17, 15) is 9.18 Å². The van der Waals surface area contributed by atoms with E-state index in [1.54, 1.807) is 19.2 Å². The number of para-hydroxylation sites is 1. The highest BCUT2D eigenvalue weighted by Crippen LogP contribution is 2.18. The number of hydrogen-bond donors (Lipinski definition) is 1. The average Bonchev–Trinajstić information content (AvgIpc) is 2.68. The number of benzene rings is 2. The van der Waals surface area contributed by atoms with Gasteiger partial charge in [0, 0.05) is 37.3 Å². The molecule has 3 rings (SSSR count). The van der Waals surface area contributed by atoms with Crippen LogP contribution in [0.2, 0.25) is 0 Å². The van der Waals surface area contributed by atoms with Crippen LogP contribution in [0.15, 0.2) is 60.2 Å². The standard InChI is InChI=1S/C21H23FN2O2/c1-26-20-5-3-2-4-18(20)14-23-21(25)17-10-12-24(13-11-17)15-16-6-8-19(22)9-7-16/h2-10H,11-15H2,1H3,(H,23,25). The fourth-order valence-electron chi connectivity index (χ4n) is 3.05. The van der Waals surface area contributed by atoms with E-state index in [2.05, 4.69) is 10.2 Å². The molecule has 1 N–H and O–H groups in total. The summed E-state index contributed by atoms with van der Waals surface area (Å²) in [7, 11) is 1.63. The Morgan fingerprint density at radius 2 is 1.96 bits per heavy atom. The van der Waals surface area contributed by atoms with Crippen LogP contribution in [0, 0.1) is 5.82 Å². The van der Waals surface area contributed by atoms with Gasteiger partial charge >= 0.3 is 0 Å². The summed E-state index contributed by atoms with van der Waals surface area (Å²) in [5, 5.41) is 2.97. The highest BCUT2D eigenvalue weighted by molar-refractivity contribution is 5.93. The molecule has 26 heavy (non-hydrogen) atoms. The monoisotopic (exact) mass is 354 g/mol. The van der Waals surface area contributed by atoms with Crippen molar-refractivity contribution in [3.8, 4) is 5.75 Å². The largest absolute Gasteiger partial charge is 0.496 e. The number of amides is 1. The highest BCUT2D eigenvalue weighted by atomic mass is 19.1. The van der Waals surface area contributed by atoms with Crippen molar-refractivity contribution in [2.75, 3.05) is 20.2 Å². The van der Waals surface area contributed by atoms with E-state index >= 15 is 0 Å². The van der Waals surface area contributed by atoms with E-state index in [4.69, 9.17) is 4.74 Å². The minimum atomic E-state index is -0.221. The molecule has 0 atom stereocenters. The fourth-order valence-corrected chi connectivity index (χ4v) is 3.05. The molecule has 0 fully saturated rings. The number of halogens is 1. The molecule has 4 nitrogen and oxygen atoms in total.